The van der Waals surface area contributed by atoms with Crippen molar-refractivity contribution in [2.75, 3.05) is 19.6 Å². The van der Waals surface area contributed by atoms with Crippen LogP contribution < -0.4 is 16.0 Å². The van der Waals surface area contributed by atoms with Gasteiger partial charge in [0.15, 0.2) is 0 Å². The van der Waals surface area contributed by atoms with Crippen LogP contribution in [0.2, 0.25) is 0 Å². The average Bonchev–Trinajstić information content (AvgIpc) is 2.93. The normalized spacial score (nSPS) is 22.4. The predicted molar refractivity (Wildman–Crippen MR) is 94.2 cm³/mol. The van der Waals surface area contributed by atoms with Crippen LogP contribution in [0.1, 0.15) is 37.2 Å². The molecule has 0 aromatic carbocycles. The molecule has 2 saturated heterocycles. The molecule has 142 valence electrons. The number of carbonyl (C=O) groups is 3. The van der Waals surface area contributed by atoms with Gasteiger partial charge in [-0.3, -0.25) is 19.8 Å². The van der Waals surface area contributed by atoms with Crippen molar-refractivity contribution in [3.63, 3.8) is 0 Å². The van der Waals surface area contributed by atoms with Gasteiger partial charge in [-0.15, -0.1) is 0 Å². The number of nitrogens with zero attached hydrogens (tertiary/aromatic N) is 1. The molecular formula is C18H26N4O4. The van der Waals surface area contributed by atoms with Crippen LogP contribution >= 0.6 is 0 Å². The Labute approximate surface area is 152 Å². The molecule has 2 aliphatic heterocycles. The number of hydrogen-bond donors (Lipinski definition) is 3. The van der Waals surface area contributed by atoms with E-state index in [1.54, 1.807) is 0 Å². The molecule has 3 N–H and O–H groups in total. The van der Waals surface area contributed by atoms with Gasteiger partial charge in [-0.05, 0) is 57.3 Å². The molecule has 0 bridgehead atoms. The number of hydrogen-bond acceptors (Lipinski definition) is 5. The molecule has 0 aliphatic carbocycles. The fraction of sp³-hybridized carbons (Fsp3) is 0.611. The minimum Gasteiger partial charge on any atom is -0.465 e. The standard InChI is InChI=1S/C18H26N4O4/c1-12-2-3-14(26-12)11-22-8-6-13(7-9-22)10-19-17(24)15-4-5-16(23)21-18(25)20-15/h2-3,13,15H,4-11H2,1H3,(H,19,24)(H2,20,21,23,25). The van der Waals surface area contributed by atoms with Crippen LogP contribution in [0.25, 0.3) is 0 Å². The summed E-state index contributed by atoms with van der Waals surface area (Å²) in [5.41, 5.74) is 0. The van der Waals surface area contributed by atoms with Crippen LogP contribution in [0.5, 0.6) is 0 Å². The zero-order chi connectivity index (χ0) is 18.5. The van der Waals surface area contributed by atoms with E-state index in [9.17, 15) is 14.4 Å². The SMILES string of the molecule is Cc1ccc(CN2CCC(CNC(=O)C3CCC(=O)NC(=O)N3)CC2)o1. The molecule has 1 aromatic rings. The molecule has 8 nitrogen and oxygen atoms in total. The van der Waals surface area contributed by atoms with Gasteiger partial charge >= 0.3 is 6.03 Å². The second-order valence-electron chi connectivity index (χ2n) is 7.09. The molecule has 0 saturated carbocycles. The van der Waals surface area contributed by atoms with Gasteiger partial charge in [0.05, 0.1) is 6.54 Å². The van der Waals surface area contributed by atoms with E-state index in [2.05, 4.69) is 20.9 Å². The van der Waals surface area contributed by atoms with E-state index in [0.717, 1.165) is 44.0 Å². The minimum absolute atomic E-state index is 0.168. The van der Waals surface area contributed by atoms with Crippen LogP contribution in [0, 0.1) is 12.8 Å². The van der Waals surface area contributed by atoms with Gasteiger partial charge in [-0.2, -0.15) is 0 Å². The Bertz CT molecular complexity index is 664. The second kappa shape index (κ2) is 8.35. The maximum atomic E-state index is 12.3. The number of piperidine rings is 1. The predicted octanol–water partition coefficient (Wildman–Crippen LogP) is 0.904. The highest BCUT2D eigenvalue weighted by Crippen LogP contribution is 2.19. The van der Waals surface area contributed by atoms with Crippen LogP contribution in [-0.2, 0) is 16.1 Å². The van der Waals surface area contributed by atoms with Crippen molar-refractivity contribution in [1.82, 2.24) is 20.9 Å². The summed E-state index contributed by atoms with van der Waals surface area (Å²) in [6, 6.07) is 2.74. The lowest BCUT2D eigenvalue weighted by molar-refractivity contribution is -0.123. The van der Waals surface area contributed by atoms with Crippen molar-refractivity contribution in [1.29, 1.82) is 0 Å². The summed E-state index contributed by atoms with van der Waals surface area (Å²) in [5.74, 6) is 1.77. The lowest BCUT2D eigenvalue weighted by Gasteiger charge is -2.31. The van der Waals surface area contributed by atoms with Gasteiger partial charge in [-0.1, -0.05) is 0 Å². The highest BCUT2D eigenvalue weighted by molar-refractivity contribution is 5.98. The fourth-order valence-electron chi connectivity index (χ4n) is 3.43. The summed E-state index contributed by atoms with van der Waals surface area (Å²) < 4.78 is 5.62. The number of furan rings is 1. The average molecular weight is 362 g/mol. The van der Waals surface area contributed by atoms with Crippen molar-refractivity contribution in [2.24, 2.45) is 5.92 Å². The van der Waals surface area contributed by atoms with E-state index in [-0.39, 0.29) is 18.2 Å². The van der Waals surface area contributed by atoms with E-state index in [0.29, 0.717) is 18.9 Å². The number of rotatable bonds is 5. The van der Waals surface area contributed by atoms with E-state index in [1.165, 1.54) is 0 Å². The topological polar surface area (TPSA) is 104 Å². The summed E-state index contributed by atoms with van der Waals surface area (Å²) in [6.45, 7) is 5.31. The smallest absolute Gasteiger partial charge is 0.322 e. The molecule has 1 aromatic heterocycles. The molecule has 1 unspecified atom stereocenters. The van der Waals surface area contributed by atoms with Crippen molar-refractivity contribution >= 4 is 17.8 Å². The quantitative estimate of drug-likeness (QED) is 0.722. The Kier molecular flexibility index (Phi) is 5.92. The lowest BCUT2D eigenvalue weighted by Crippen LogP contribution is -2.49. The van der Waals surface area contributed by atoms with Crippen LogP contribution in [0.4, 0.5) is 4.79 Å². The zero-order valence-corrected chi connectivity index (χ0v) is 15.0. The van der Waals surface area contributed by atoms with E-state index < -0.39 is 12.1 Å². The Morgan fingerprint density at radius 3 is 2.73 bits per heavy atom. The molecule has 3 rings (SSSR count). The van der Waals surface area contributed by atoms with Gasteiger partial charge in [0.2, 0.25) is 11.8 Å². The van der Waals surface area contributed by atoms with Crippen LogP contribution in [0.3, 0.4) is 0 Å². The van der Waals surface area contributed by atoms with E-state index in [1.807, 2.05) is 19.1 Å². The largest absolute Gasteiger partial charge is 0.465 e. The van der Waals surface area contributed by atoms with Crippen LogP contribution in [0.15, 0.2) is 16.5 Å². The van der Waals surface area contributed by atoms with Crippen molar-refractivity contribution in [2.45, 2.75) is 45.2 Å². The summed E-state index contributed by atoms with van der Waals surface area (Å²) >= 11 is 0. The van der Waals surface area contributed by atoms with Gasteiger partial charge in [0.25, 0.3) is 0 Å². The molecule has 3 heterocycles. The summed E-state index contributed by atoms with van der Waals surface area (Å²) in [5, 5.41) is 7.63. The molecule has 2 aliphatic rings. The number of amides is 4. The Morgan fingerprint density at radius 1 is 1.27 bits per heavy atom. The van der Waals surface area contributed by atoms with Gasteiger partial charge < -0.3 is 15.1 Å². The lowest BCUT2D eigenvalue weighted by atomic mass is 9.96. The first-order valence-electron chi connectivity index (χ1n) is 9.15. The maximum absolute atomic E-state index is 12.3. The number of urea groups is 1. The summed E-state index contributed by atoms with van der Waals surface area (Å²) in [7, 11) is 0. The maximum Gasteiger partial charge on any atom is 0.322 e. The van der Waals surface area contributed by atoms with Gasteiger partial charge in [0, 0.05) is 13.0 Å². The fourth-order valence-corrected chi connectivity index (χ4v) is 3.43. The highest BCUT2D eigenvalue weighted by Gasteiger charge is 2.27. The van der Waals surface area contributed by atoms with Gasteiger partial charge in [-0.25, -0.2) is 4.79 Å². The summed E-state index contributed by atoms with van der Waals surface area (Å²) in [6.07, 6.45) is 2.51. The van der Waals surface area contributed by atoms with E-state index >= 15 is 0 Å². The minimum atomic E-state index is -0.649. The van der Waals surface area contributed by atoms with Gasteiger partial charge in [0.1, 0.15) is 17.6 Å². The number of imide groups is 1. The molecular weight excluding hydrogens is 336 g/mol. The zero-order valence-electron chi connectivity index (χ0n) is 15.0. The molecule has 4 amide bonds. The highest BCUT2D eigenvalue weighted by atomic mass is 16.3. The molecule has 8 heteroatoms. The van der Waals surface area contributed by atoms with Crippen molar-refractivity contribution in [3.05, 3.63) is 23.7 Å². The third-order valence-corrected chi connectivity index (χ3v) is 4.98. The number of nitrogens with one attached hydrogen (secondary N) is 3. The third-order valence-electron chi connectivity index (χ3n) is 4.98. The van der Waals surface area contributed by atoms with Crippen molar-refractivity contribution < 1.29 is 18.8 Å². The molecule has 26 heavy (non-hydrogen) atoms. The first kappa shape index (κ1) is 18.4. The Morgan fingerprint density at radius 2 is 2.04 bits per heavy atom. The first-order valence-corrected chi connectivity index (χ1v) is 9.15. The Hall–Kier alpha value is -2.35. The molecule has 0 radical (unpaired) electrons. The number of aryl methyl sites for hydroxylation is 1. The second-order valence-corrected chi connectivity index (χ2v) is 7.09. The molecule has 1 atom stereocenters. The molecule has 0 spiro atoms. The van der Waals surface area contributed by atoms with E-state index in [4.69, 9.17) is 4.42 Å². The summed E-state index contributed by atoms with van der Waals surface area (Å²) in [4.78, 5) is 37.4. The first-order chi connectivity index (χ1) is 12.5. The monoisotopic (exact) mass is 362 g/mol. The third kappa shape index (κ3) is 5.08. The van der Waals surface area contributed by atoms with Crippen LogP contribution in [-0.4, -0.2) is 48.4 Å². The Balaban J connectivity index is 1.38. The van der Waals surface area contributed by atoms with Crippen molar-refractivity contribution in [3.8, 4) is 0 Å². The number of carbonyl (C=O) groups excluding carboxylic acids is 3. The number of likely N-dealkylation sites (tertiary alicyclic amines) is 1. The molecule has 2 fully saturated rings.